The lowest BCUT2D eigenvalue weighted by Crippen LogP contribution is -2.07. The topological polar surface area (TPSA) is 18.5 Å². The summed E-state index contributed by atoms with van der Waals surface area (Å²) >= 11 is 0. The van der Waals surface area contributed by atoms with E-state index in [-0.39, 0.29) is 0 Å². The molecule has 0 spiro atoms. The van der Waals surface area contributed by atoms with Gasteiger partial charge in [-0.3, -0.25) is 0 Å². The zero-order chi connectivity index (χ0) is 11.8. The van der Waals surface area contributed by atoms with E-state index in [2.05, 4.69) is 32.0 Å². The van der Waals surface area contributed by atoms with E-state index in [0.29, 0.717) is 18.1 Å². The third kappa shape index (κ3) is 2.63. The van der Waals surface area contributed by atoms with Crippen LogP contribution in [0.4, 0.5) is 0 Å². The quantitative estimate of drug-likeness (QED) is 0.776. The lowest BCUT2D eigenvalue weighted by atomic mass is 10.1. The smallest absolute Gasteiger partial charge is 0.122 e. The molecule has 2 atom stereocenters. The number of benzene rings is 1. The molecule has 2 fully saturated rings. The van der Waals surface area contributed by atoms with Crippen LogP contribution in [0.1, 0.15) is 30.4 Å². The minimum absolute atomic E-state index is 0.384. The molecule has 0 bridgehead atoms. The van der Waals surface area contributed by atoms with E-state index in [0.717, 1.165) is 18.8 Å². The van der Waals surface area contributed by atoms with Gasteiger partial charge in [0.05, 0.1) is 12.7 Å². The number of hydrogen-bond acceptors (Lipinski definition) is 2. The summed E-state index contributed by atoms with van der Waals surface area (Å²) in [5, 5.41) is 0. The summed E-state index contributed by atoms with van der Waals surface area (Å²) in [6, 6.07) is 6.26. The van der Waals surface area contributed by atoms with Crippen molar-refractivity contribution in [3.63, 3.8) is 0 Å². The maximum atomic E-state index is 6.02. The van der Waals surface area contributed by atoms with Gasteiger partial charge in [-0.2, -0.15) is 0 Å². The fraction of sp³-hybridized carbons (Fsp3) is 0.600. The first-order chi connectivity index (χ1) is 8.24. The van der Waals surface area contributed by atoms with Crippen molar-refractivity contribution < 1.29 is 9.47 Å². The van der Waals surface area contributed by atoms with Crippen LogP contribution in [0, 0.1) is 19.8 Å². The summed E-state index contributed by atoms with van der Waals surface area (Å²) in [5.74, 6) is 1.67. The first-order valence-corrected chi connectivity index (χ1v) is 6.58. The third-order valence-corrected chi connectivity index (χ3v) is 3.76. The van der Waals surface area contributed by atoms with Crippen molar-refractivity contribution in [2.45, 2.75) is 45.3 Å². The summed E-state index contributed by atoms with van der Waals surface area (Å²) in [7, 11) is 0. The molecule has 2 saturated carbocycles. The van der Waals surface area contributed by atoms with Crippen LogP contribution in [0.25, 0.3) is 0 Å². The second-order valence-corrected chi connectivity index (χ2v) is 5.38. The molecule has 17 heavy (non-hydrogen) atoms. The molecular weight excluding hydrogens is 212 g/mol. The molecule has 92 valence electrons. The van der Waals surface area contributed by atoms with Crippen molar-refractivity contribution in [2.24, 2.45) is 5.92 Å². The van der Waals surface area contributed by atoms with E-state index < -0.39 is 0 Å². The monoisotopic (exact) mass is 232 g/mol. The number of aryl methyl sites for hydroxylation is 1. The van der Waals surface area contributed by atoms with Crippen LogP contribution >= 0.6 is 0 Å². The van der Waals surface area contributed by atoms with Crippen LogP contribution in [0.3, 0.4) is 0 Å². The van der Waals surface area contributed by atoms with Crippen LogP contribution in [-0.4, -0.2) is 18.8 Å². The van der Waals surface area contributed by atoms with E-state index in [1.165, 1.54) is 24.0 Å². The van der Waals surface area contributed by atoms with Crippen LogP contribution < -0.4 is 4.74 Å². The average molecular weight is 232 g/mol. The van der Waals surface area contributed by atoms with Gasteiger partial charge in [-0.15, -0.1) is 0 Å². The van der Waals surface area contributed by atoms with Crippen molar-refractivity contribution in [1.82, 2.24) is 0 Å². The Morgan fingerprint density at radius 2 is 2.06 bits per heavy atom. The Balaban J connectivity index is 1.52. The molecule has 0 saturated heterocycles. The van der Waals surface area contributed by atoms with E-state index in [1.54, 1.807) is 0 Å². The molecule has 2 aliphatic rings. The molecule has 0 aromatic heterocycles. The van der Waals surface area contributed by atoms with E-state index in [1.807, 2.05) is 0 Å². The molecule has 0 aliphatic heterocycles. The second kappa shape index (κ2) is 4.34. The number of hydrogen-bond donors (Lipinski definition) is 0. The Morgan fingerprint density at radius 3 is 2.82 bits per heavy atom. The normalized spacial score (nSPS) is 26.9. The minimum Gasteiger partial charge on any atom is -0.490 e. The molecular formula is C15H20O2. The molecule has 2 heteroatoms. The van der Waals surface area contributed by atoms with Crippen molar-refractivity contribution in [3.8, 4) is 5.75 Å². The van der Waals surface area contributed by atoms with Gasteiger partial charge in [0.1, 0.15) is 11.9 Å². The summed E-state index contributed by atoms with van der Waals surface area (Å²) in [4.78, 5) is 0. The van der Waals surface area contributed by atoms with Crippen molar-refractivity contribution in [1.29, 1.82) is 0 Å². The fourth-order valence-corrected chi connectivity index (χ4v) is 2.05. The van der Waals surface area contributed by atoms with Crippen LogP contribution in [0.5, 0.6) is 5.75 Å². The van der Waals surface area contributed by atoms with Gasteiger partial charge in [0, 0.05) is 5.92 Å². The SMILES string of the molecule is Cc1cccc(OC2CC2COC2CC2)c1C. The van der Waals surface area contributed by atoms with Gasteiger partial charge in [0.15, 0.2) is 0 Å². The van der Waals surface area contributed by atoms with Gasteiger partial charge < -0.3 is 9.47 Å². The minimum atomic E-state index is 0.384. The highest BCUT2D eigenvalue weighted by molar-refractivity contribution is 5.38. The van der Waals surface area contributed by atoms with Crippen LogP contribution in [-0.2, 0) is 4.74 Å². The molecule has 2 aliphatic carbocycles. The molecule has 0 N–H and O–H groups in total. The Bertz CT molecular complexity index is 409. The van der Waals surface area contributed by atoms with Crippen molar-refractivity contribution in [2.75, 3.05) is 6.61 Å². The molecule has 2 unspecified atom stereocenters. The van der Waals surface area contributed by atoms with Gasteiger partial charge in [-0.25, -0.2) is 0 Å². The highest BCUT2D eigenvalue weighted by Crippen LogP contribution is 2.38. The fourth-order valence-electron chi connectivity index (χ4n) is 2.05. The van der Waals surface area contributed by atoms with Crippen LogP contribution in [0.15, 0.2) is 18.2 Å². The highest BCUT2D eigenvalue weighted by Gasteiger charge is 2.41. The predicted molar refractivity (Wildman–Crippen MR) is 67.4 cm³/mol. The Kier molecular flexibility index (Phi) is 2.83. The molecule has 1 aromatic rings. The predicted octanol–water partition coefficient (Wildman–Crippen LogP) is 3.25. The standard InChI is InChI=1S/C15H20O2/c1-10-4-3-5-14(11(10)2)17-15-8-12(15)9-16-13-6-7-13/h3-5,12-13,15H,6-9H2,1-2H3. The lowest BCUT2D eigenvalue weighted by molar-refractivity contribution is 0.0994. The zero-order valence-electron chi connectivity index (χ0n) is 10.6. The van der Waals surface area contributed by atoms with Crippen molar-refractivity contribution >= 4 is 0 Å². The lowest BCUT2D eigenvalue weighted by Gasteiger charge is -2.10. The Labute approximate surface area is 103 Å². The van der Waals surface area contributed by atoms with E-state index in [9.17, 15) is 0 Å². The summed E-state index contributed by atoms with van der Waals surface area (Å²) < 4.78 is 11.7. The van der Waals surface area contributed by atoms with Crippen molar-refractivity contribution in [3.05, 3.63) is 29.3 Å². The third-order valence-electron chi connectivity index (χ3n) is 3.76. The Hall–Kier alpha value is -1.02. The molecule has 2 nitrogen and oxygen atoms in total. The molecule has 0 amide bonds. The maximum Gasteiger partial charge on any atom is 0.122 e. The van der Waals surface area contributed by atoms with Gasteiger partial charge >= 0.3 is 0 Å². The van der Waals surface area contributed by atoms with Crippen LogP contribution in [0.2, 0.25) is 0 Å². The first-order valence-electron chi connectivity index (χ1n) is 6.58. The van der Waals surface area contributed by atoms with E-state index in [4.69, 9.17) is 9.47 Å². The van der Waals surface area contributed by atoms with Gasteiger partial charge in [-0.1, -0.05) is 12.1 Å². The first kappa shape index (κ1) is 11.1. The second-order valence-electron chi connectivity index (χ2n) is 5.38. The summed E-state index contributed by atoms with van der Waals surface area (Å²) in [6.45, 7) is 5.14. The molecule has 0 radical (unpaired) electrons. The maximum absolute atomic E-state index is 6.02. The highest BCUT2D eigenvalue weighted by atomic mass is 16.5. The number of ether oxygens (including phenoxy) is 2. The summed E-state index contributed by atoms with van der Waals surface area (Å²) in [6.07, 6.45) is 4.62. The summed E-state index contributed by atoms with van der Waals surface area (Å²) in [5.41, 5.74) is 2.56. The molecule has 1 aromatic carbocycles. The number of rotatable bonds is 5. The van der Waals surface area contributed by atoms with Gasteiger partial charge in [0.25, 0.3) is 0 Å². The zero-order valence-corrected chi connectivity index (χ0v) is 10.6. The van der Waals surface area contributed by atoms with E-state index >= 15 is 0 Å². The van der Waals surface area contributed by atoms with Gasteiger partial charge in [-0.05, 0) is 50.3 Å². The van der Waals surface area contributed by atoms with Gasteiger partial charge in [0.2, 0.25) is 0 Å². The molecule has 0 heterocycles. The largest absolute Gasteiger partial charge is 0.490 e. The molecule has 3 rings (SSSR count). The average Bonchev–Trinajstić information content (AvgIpc) is 3.18. The Morgan fingerprint density at radius 1 is 1.24 bits per heavy atom.